The predicted molar refractivity (Wildman–Crippen MR) is 110 cm³/mol. The van der Waals surface area contributed by atoms with Crippen molar-refractivity contribution in [3.8, 4) is 11.5 Å². The van der Waals surface area contributed by atoms with Crippen molar-refractivity contribution in [2.45, 2.75) is 31.6 Å². The third-order valence-electron chi connectivity index (χ3n) is 5.58. The maximum absolute atomic E-state index is 13.2. The average molecular weight is 430 g/mol. The zero-order valence-electron chi connectivity index (χ0n) is 15.4. The van der Waals surface area contributed by atoms with Gasteiger partial charge in [0.1, 0.15) is 0 Å². The largest absolute Gasteiger partial charge is 0.454 e. The van der Waals surface area contributed by atoms with Crippen LogP contribution in [0.25, 0.3) is 0 Å². The minimum absolute atomic E-state index is 0.0829. The third kappa shape index (κ3) is 3.18. The summed E-state index contributed by atoms with van der Waals surface area (Å²) >= 11 is 12.3. The Morgan fingerprint density at radius 3 is 2.48 bits per heavy atom. The van der Waals surface area contributed by atoms with Crippen LogP contribution >= 0.6 is 23.2 Å². The Bertz CT molecular complexity index is 1060. The SMILES string of the molecule is O=C1CCCC2=C1C(c1ccc3c(c1)OCO3)CC(=O)N2c1cc(Cl)cc(Cl)c1. The number of ketones is 1. The van der Waals surface area contributed by atoms with Gasteiger partial charge in [-0.1, -0.05) is 29.3 Å². The Morgan fingerprint density at radius 2 is 1.69 bits per heavy atom. The number of carbonyl (C=O) groups is 2. The van der Waals surface area contributed by atoms with Crippen LogP contribution in [-0.4, -0.2) is 18.5 Å². The number of amides is 1. The van der Waals surface area contributed by atoms with Crippen LogP contribution in [0.4, 0.5) is 5.69 Å². The average Bonchev–Trinajstić information content (AvgIpc) is 3.14. The maximum atomic E-state index is 13.2. The van der Waals surface area contributed by atoms with Crippen LogP contribution in [0, 0.1) is 0 Å². The van der Waals surface area contributed by atoms with Gasteiger partial charge in [0.05, 0.1) is 5.69 Å². The lowest BCUT2D eigenvalue weighted by atomic mass is 9.77. The highest BCUT2D eigenvalue weighted by molar-refractivity contribution is 6.35. The minimum Gasteiger partial charge on any atom is -0.454 e. The molecule has 2 aromatic carbocycles. The first-order valence-electron chi connectivity index (χ1n) is 9.46. The molecule has 0 bridgehead atoms. The first kappa shape index (κ1) is 18.5. The first-order chi connectivity index (χ1) is 14.0. The Kier molecular flexibility index (Phi) is 4.52. The van der Waals surface area contributed by atoms with Crippen LogP contribution in [0.1, 0.15) is 37.2 Å². The van der Waals surface area contributed by atoms with E-state index in [1.54, 1.807) is 23.1 Å². The molecule has 0 fully saturated rings. The van der Waals surface area contributed by atoms with Crippen molar-refractivity contribution < 1.29 is 19.1 Å². The van der Waals surface area contributed by atoms with Crippen LogP contribution < -0.4 is 14.4 Å². The van der Waals surface area contributed by atoms with Crippen LogP contribution in [-0.2, 0) is 9.59 Å². The van der Waals surface area contributed by atoms with E-state index in [9.17, 15) is 9.59 Å². The van der Waals surface area contributed by atoms with Gasteiger partial charge in [0.2, 0.25) is 12.7 Å². The molecule has 0 saturated carbocycles. The number of anilines is 1. The molecule has 3 aliphatic rings. The van der Waals surface area contributed by atoms with Crippen LogP contribution in [0.3, 0.4) is 0 Å². The van der Waals surface area contributed by atoms with Gasteiger partial charge in [-0.25, -0.2) is 0 Å². The van der Waals surface area contributed by atoms with E-state index in [1.165, 1.54) is 0 Å². The highest BCUT2D eigenvalue weighted by atomic mass is 35.5. The molecule has 0 radical (unpaired) electrons. The van der Waals surface area contributed by atoms with Crippen molar-refractivity contribution in [1.82, 2.24) is 0 Å². The lowest BCUT2D eigenvalue weighted by Gasteiger charge is -2.38. The van der Waals surface area contributed by atoms with Gasteiger partial charge < -0.3 is 9.47 Å². The van der Waals surface area contributed by atoms with Gasteiger partial charge in [-0.15, -0.1) is 0 Å². The van der Waals surface area contributed by atoms with E-state index in [-0.39, 0.29) is 30.8 Å². The van der Waals surface area contributed by atoms with E-state index in [4.69, 9.17) is 32.7 Å². The number of fused-ring (bicyclic) bond motifs is 1. The number of hydrogen-bond donors (Lipinski definition) is 0. The molecular weight excluding hydrogens is 413 g/mol. The van der Waals surface area contributed by atoms with E-state index in [0.717, 1.165) is 11.3 Å². The standard InChI is InChI=1S/C22H17Cl2NO4/c23-13-7-14(24)9-15(8-13)25-17-2-1-3-18(26)22(17)16(10-21(25)27)12-4-5-19-20(6-12)29-11-28-19/h4-9,16H,1-3,10-11H2. The van der Waals surface area contributed by atoms with Crippen LogP contribution in [0.5, 0.6) is 11.5 Å². The van der Waals surface area contributed by atoms with Crippen molar-refractivity contribution in [2.24, 2.45) is 0 Å². The molecule has 29 heavy (non-hydrogen) atoms. The maximum Gasteiger partial charge on any atom is 0.232 e. The number of ether oxygens (including phenoxy) is 2. The number of hydrogen-bond acceptors (Lipinski definition) is 4. The van der Waals surface area contributed by atoms with E-state index < -0.39 is 0 Å². The second-order valence-electron chi connectivity index (χ2n) is 7.36. The van der Waals surface area contributed by atoms with Crippen molar-refractivity contribution in [3.05, 3.63) is 63.3 Å². The van der Waals surface area contributed by atoms with Gasteiger partial charge in [0, 0.05) is 40.1 Å². The first-order valence-corrected chi connectivity index (χ1v) is 10.2. The molecule has 148 valence electrons. The molecule has 0 aromatic heterocycles. The van der Waals surface area contributed by atoms with Gasteiger partial charge in [-0.05, 0) is 48.7 Å². The molecule has 1 atom stereocenters. The van der Waals surface area contributed by atoms with Crippen molar-refractivity contribution >= 4 is 40.6 Å². The summed E-state index contributed by atoms with van der Waals surface area (Å²) in [7, 11) is 0. The summed E-state index contributed by atoms with van der Waals surface area (Å²) in [5, 5.41) is 0.893. The van der Waals surface area contributed by atoms with E-state index >= 15 is 0 Å². The Labute approximate surface area is 177 Å². The van der Waals surface area contributed by atoms with Gasteiger partial charge in [0.25, 0.3) is 0 Å². The number of Topliss-reactive ketones (excluding diaryl/α,β-unsaturated/α-hetero) is 1. The van der Waals surface area contributed by atoms with Crippen LogP contribution in [0.15, 0.2) is 47.7 Å². The number of carbonyl (C=O) groups excluding carboxylic acids is 2. The molecule has 0 saturated heterocycles. The Balaban J connectivity index is 1.64. The number of allylic oxidation sites excluding steroid dienone is 2. The lowest BCUT2D eigenvalue weighted by molar-refractivity contribution is -0.119. The monoisotopic (exact) mass is 429 g/mol. The number of nitrogens with zero attached hydrogens (tertiary/aromatic N) is 1. The second kappa shape index (κ2) is 7.08. The fraction of sp³-hybridized carbons (Fsp3) is 0.273. The smallest absolute Gasteiger partial charge is 0.232 e. The molecule has 2 heterocycles. The third-order valence-corrected chi connectivity index (χ3v) is 6.02. The van der Waals surface area contributed by atoms with Crippen molar-refractivity contribution in [2.75, 3.05) is 11.7 Å². The Morgan fingerprint density at radius 1 is 0.931 bits per heavy atom. The number of rotatable bonds is 2. The zero-order valence-corrected chi connectivity index (χ0v) is 16.9. The van der Waals surface area contributed by atoms with E-state index in [0.29, 0.717) is 52.1 Å². The summed E-state index contributed by atoms with van der Waals surface area (Å²) in [6.45, 7) is 0.179. The molecule has 0 spiro atoms. The predicted octanol–water partition coefficient (Wildman–Crippen LogP) is 5.25. The molecule has 5 rings (SSSR count). The molecule has 2 aliphatic heterocycles. The fourth-order valence-corrected chi connectivity index (χ4v) is 4.89. The summed E-state index contributed by atoms with van der Waals surface area (Å²) in [5.41, 5.74) is 2.93. The van der Waals surface area contributed by atoms with Gasteiger partial charge in [-0.3, -0.25) is 14.5 Å². The summed E-state index contributed by atoms with van der Waals surface area (Å²) in [4.78, 5) is 27.8. The summed E-state index contributed by atoms with van der Waals surface area (Å²) in [5.74, 6) is 1.02. The summed E-state index contributed by atoms with van der Waals surface area (Å²) in [6, 6.07) is 10.6. The second-order valence-corrected chi connectivity index (χ2v) is 8.24. The zero-order chi connectivity index (χ0) is 20.1. The van der Waals surface area contributed by atoms with Crippen LogP contribution in [0.2, 0.25) is 10.0 Å². The molecule has 1 unspecified atom stereocenters. The molecule has 1 amide bonds. The quantitative estimate of drug-likeness (QED) is 0.653. The number of halogens is 2. The van der Waals surface area contributed by atoms with Gasteiger partial charge in [-0.2, -0.15) is 0 Å². The molecule has 0 N–H and O–H groups in total. The molecule has 7 heteroatoms. The highest BCUT2D eigenvalue weighted by Gasteiger charge is 2.40. The fourth-order valence-electron chi connectivity index (χ4n) is 4.38. The molecule has 1 aliphatic carbocycles. The van der Waals surface area contributed by atoms with E-state index in [2.05, 4.69) is 0 Å². The van der Waals surface area contributed by atoms with E-state index in [1.807, 2.05) is 18.2 Å². The minimum atomic E-state index is -0.300. The summed E-state index contributed by atoms with van der Waals surface area (Å²) in [6.07, 6.45) is 2.04. The Hall–Kier alpha value is -2.50. The highest BCUT2D eigenvalue weighted by Crippen LogP contribution is 2.46. The van der Waals surface area contributed by atoms with Gasteiger partial charge in [0.15, 0.2) is 17.3 Å². The molecule has 5 nitrogen and oxygen atoms in total. The van der Waals surface area contributed by atoms with Crippen molar-refractivity contribution in [1.29, 1.82) is 0 Å². The number of benzene rings is 2. The topological polar surface area (TPSA) is 55.8 Å². The summed E-state index contributed by atoms with van der Waals surface area (Å²) < 4.78 is 10.9. The van der Waals surface area contributed by atoms with Crippen molar-refractivity contribution in [3.63, 3.8) is 0 Å². The molecular formula is C22H17Cl2NO4. The molecule has 2 aromatic rings. The lowest BCUT2D eigenvalue weighted by Crippen LogP contribution is -2.40. The van der Waals surface area contributed by atoms with Gasteiger partial charge >= 0.3 is 0 Å². The normalized spacial score (nSPS) is 20.9.